The molecule has 0 aliphatic rings. The van der Waals surface area contributed by atoms with E-state index >= 15 is 0 Å². The molecule has 5 atom stereocenters. The molecular formula is C18H35N5O6S2. The average Bonchev–Trinajstić information content (AvgIpc) is 2.71. The minimum atomic E-state index is -1.34. The number of carbonyl (C=O) groups is 4. The van der Waals surface area contributed by atoms with E-state index < -0.39 is 54.0 Å². The number of carboxylic acid groups (broad SMARTS) is 1. The molecular weight excluding hydrogens is 446 g/mol. The van der Waals surface area contributed by atoms with Crippen molar-refractivity contribution in [3.63, 3.8) is 0 Å². The van der Waals surface area contributed by atoms with Crippen LogP contribution in [0, 0.1) is 0 Å². The van der Waals surface area contributed by atoms with Crippen molar-refractivity contribution in [3.8, 4) is 0 Å². The Balaban J connectivity index is 5.19. The fourth-order valence-electron chi connectivity index (χ4n) is 2.53. The summed E-state index contributed by atoms with van der Waals surface area (Å²) >= 11 is 5.34. The van der Waals surface area contributed by atoms with Crippen molar-refractivity contribution in [1.82, 2.24) is 16.0 Å². The Morgan fingerprint density at radius 1 is 1.00 bits per heavy atom. The molecule has 13 heteroatoms. The van der Waals surface area contributed by atoms with Gasteiger partial charge in [-0.05, 0) is 44.7 Å². The molecule has 11 nitrogen and oxygen atoms in total. The molecule has 0 aliphatic carbocycles. The third-order valence-corrected chi connectivity index (χ3v) is 5.42. The monoisotopic (exact) mass is 481 g/mol. The molecule has 0 radical (unpaired) electrons. The fraction of sp³-hybridized carbons (Fsp3) is 0.778. The largest absolute Gasteiger partial charge is 0.480 e. The van der Waals surface area contributed by atoms with Crippen molar-refractivity contribution in [2.24, 2.45) is 11.5 Å². The molecule has 0 saturated carbocycles. The van der Waals surface area contributed by atoms with E-state index in [-0.39, 0.29) is 12.2 Å². The van der Waals surface area contributed by atoms with Crippen LogP contribution < -0.4 is 27.4 Å². The Morgan fingerprint density at radius 3 is 2.10 bits per heavy atom. The van der Waals surface area contributed by atoms with Crippen LogP contribution in [0.25, 0.3) is 0 Å². The Hall–Kier alpha value is -1.54. The molecule has 0 aliphatic heterocycles. The molecule has 0 saturated heterocycles. The van der Waals surface area contributed by atoms with Crippen LogP contribution in [0.4, 0.5) is 0 Å². The molecule has 5 unspecified atom stereocenters. The number of thioether (sulfide) groups is 1. The van der Waals surface area contributed by atoms with Gasteiger partial charge in [-0.3, -0.25) is 14.4 Å². The highest BCUT2D eigenvalue weighted by Gasteiger charge is 2.32. The summed E-state index contributed by atoms with van der Waals surface area (Å²) in [6.07, 6.45) is 2.50. The van der Waals surface area contributed by atoms with Gasteiger partial charge in [0.25, 0.3) is 0 Å². The highest BCUT2D eigenvalue weighted by molar-refractivity contribution is 7.98. The van der Waals surface area contributed by atoms with Gasteiger partial charge in [-0.1, -0.05) is 6.42 Å². The molecule has 0 rings (SSSR count). The van der Waals surface area contributed by atoms with Crippen LogP contribution in [0.3, 0.4) is 0 Å². The van der Waals surface area contributed by atoms with E-state index in [1.54, 1.807) is 0 Å². The van der Waals surface area contributed by atoms with Gasteiger partial charge >= 0.3 is 5.97 Å². The first-order valence-electron chi connectivity index (χ1n) is 9.96. The SMILES string of the molecule is CSCCC(NC(=O)C(NC(=O)C(N)CCCCN)C(C)O)C(=O)NC(CS)C(=O)O. The van der Waals surface area contributed by atoms with E-state index in [1.165, 1.54) is 18.7 Å². The Kier molecular flexibility index (Phi) is 15.3. The quantitative estimate of drug-likeness (QED) is 0.0911. The number of thiol groups is 1. The number of hydrogen-bond donors (Lipinski definition) is 8. The van der Waals surface area contributed by atoms with E-state index in [9.17, 15) is 24.3 Å². The molecule has 0 spiro atoms. The molecule has 0 aromatic heterocycles. The van der Waals surface area contributed by atoms with E-state index in [2.05, 4.69) is 28.6 Å². The normalized spacial score (nSPS) is 15.8. The number of carboxylic acids is 1. The number of hydrogen-bond acceptors (Lipinski definition) is 9. The Bertz CT molecular complexity index is 596. The molecule has 0 heterocycles. The molecule has 0 fully saturated rings. The number of amides is 3. The second-order valence-corrected chi connectivity index (χ2v) is 8.39. The van der Waals surface area contributed by atoms with Crippen LogP contribution >= 0.6 is 24.4 Å². The van der Waals surface area contributed by atoms with Crippen molar-refractivity contribution < 1.29 is 29.4 Å². The van der Waals surface area contributed by atoms with Crippen molar-refractivity contribution >= 4 is 48.1 Å². The van der Waals surface area contributed by atoms with Gasteiger partial charge < -0.3 is 37.6 Å². The van der Waals surface area contributed by atoms with Gasteiger partial charge in [0.2, 0.25) is 17.7 Å². The van der Waals surface area contributed by atoms with Crippen LogP contribution in [0.1, 0.15) is 32.6 Å². The number of unbranched alkanes of at least 4 members (excludes halogenated alkanes) is 1. The zero-order valence-corrected chi connectivity index (χ0v) is 19.6. The number of aliphatic hydroxyl groups excluding tert-OH is 1. The van der Waals surface area contributed by atoms with Crippen molar-refractivity contribution in [2.45, 2.75) is 62.9 Å². The van der Waals surface area contributed by atoms with Crippen LogP contribution in [-0.2, 0) is 19.2 Å². The maximum absolute atomic E-state index is 12.7. The lowest BCUT2D eigenvalue weighted by molar-refractivity contribution is -0.141. The van der Waals surface area contributed by atoms with Crippen LogP contribution in [0.2, 0.25) is 0 Å². The zero-order chi connectivity index (χ0) is 24.0. The maximum atomic E-state index is 12.7. The summed E-state index contributed by atoms with van der Waals surface area (Å²) in [7, 11) is 0. The first-order valence-corrected chi connectivity index (χ1v) is 12.0. The van der Waals surface area contributed by atoms with Gasteiger partial charge in [-0.15, -0.1) is 0 Å². The van der Waals surface area contributed by atoms with Crippen molar-refractivity contribution in [1.29, 1.82) is 0 Å². The fourth-order valence-corrected chi connectivity index (χ4v) is 3.25. The van der Waals surface area contributed by atoms with E-state index in [1.807, 2.05) is 6.26 Å². The summed E-state index contributed by atoms with van der Waals surface area (Å²) in [5, 5.41) is 26.3. The predicted molar refractivity (Wildman–Crippen MR) is 123 cm³/mol. The molecule has 180 valence electrons. The standard InChI is InChI=1S/C18H35N5O6S2/c1-10(24)14(23-15(25)11(20)5-3-4-7-19)17(27)21-12(6-8-31-2)16(26)22-13(9-30)18(28)29/h10-14,24,30H,3-9,19-20H2,1-2H3,(H,21,27)(H,22,26)(H,23,25)(H,28,29). The Morgan fingerprint density at radius 2 is 1.61 bits per heavy atom. The van der Waals surface area contributed by atoms with Gasteiger partial charge in [0.15, 0.2) is 0 Å². The van der Waals surface area contributed by atoms with E-state index in [0.29, 0.717) is 31.6 Å². The van der Waals surface area contributed by atoms with Crippen molar-refractivity contribution in [2.75, 3.05) is 24.3 Å². The lowest BCUT2D eigenvalue weighted by Crippen LogP contribution is -2.60. The molecule has 0 bridgehead atoms. The molecule has 9 N–H and O–H groups in total. The topological polar surface area (TPSA) is 197 Å². The third-order valence-electron chi connectivity index (χ3n) is 4.41. The number of aliphatic carboxylic acids is 1. The molecule has 0 aromatic rings. The summed E-state index contributed by atoms with van der Waals surface area (Å²) in [4.78, 5) is 48.7. The minimum absolute atomic E-state index is 0.126. The summed E-state index contributed by atoms with van der Waals surface area (Å²) in [6.45, 7) is 1.80. The summed E-state index contributed by atoms with van der Waals surface area (Å²) in [5.41, 5.74) is 11.2. The van der Waals surface area contributed by atoms with Crippen molar-refractivity contribution in [3.05, 3.63) is 0 Å². The molecule has 3 amide bonds. The van der Waals surface area contributed by atoms with E-state index in [4.69, 9.17) is 16.6 Å². The first-order chi connectivity index (χ1) is 14.6. The van der Waals surface area contributed by atoms with Crippen LogP contribution in [0.5, 0.6) is 0 Å². The first kappa shape index (κ1) is 29.5. The maximum Gasteiger partial charge on any atom is 0.327 e. The number of carbonyl (C=O) groups excluding carboxylic acids is 3. The van der Waals surface area contributed by atoms with Crippen LogP contribution in [-0.4, -0.2) is 88.5 Å². The number of aliphatic hydroxyl groups is 1. The minimum Gasteiger partial charge on any atom is -0.480 e. The predicted octanol–water partition coefficient (Wildman–Crippen LogP) is -1.95. The van der Waals surface area contributed by atoms with Crippen LogP contribution in [0.15, 0.2) is 0 Å². The smallest absolute Gasteiger partial charge is 0.327 e. The van der Waals surface area contributed by atoms with Gasteiger partial charge in [0, 0.05) is 5.75 Å². The van der Waals surface area contributed by atoms with Gasteiger partial charge in [-0.2, -0.15) is 24.4 Å². The molecule has 31 heavy (non-hydrogen) atoms. The average molecular weight is 482 g/mol. The summed E-state index contributed by atoms with van der Waals surface area (Å²) in [5.74, 6) is -2.96. The zero-order valence-electron chi connectivity index (χ0n) is 17.9. The number of nitrogens with one attached hydrogen (secondary N) is 3. The van der Waals surface area contributed by atoms with Gasteiger partial charge in [0.05, 0.1) is 12.1 Å². The lowest BCUT2D eigenvalue weighted by Gasteiger charge is -2.26. The second-order valence-electron chi connectivity index (χ2n) is 7.04. The highest BCUT2D eigenvalue weighted by atomic mass is 32.2. The summed E-state index contributed by atoms with van der Waals surface area (Å²) < 4.78 is 0. The third kappa shape index (κ3) is 11.6. The lowest BCUT2D eigenvalue weighted by atomic mass is 10.1. The Labute approximate surface area is 192 Å². The number of rotatable bonds is 16. The van der Waals surface area contributed by atoms with Gasteiger partial charge in [0.1, 0.15) is 18.1 Å². The van der Waals surface area contributed by atoms with E-state index in [0.717, 1.165) is 0 Å². The highest BCUT2D eigenvalue weighted by Crippen LogP contribution is 2.05. The number of nitrogens with two attached hydrogens (primary N) is 2. The summed E-state index contributed by atoms with van der Waals surface area (Å²) in [6, 6.07) is -4.48. The van der Waals surface area contributed by atoms with Gasteiger partial charge in [-0.25, -0.2) is 4.79 Å². The molecule has 0 aromatic carbocycles. The second kappa shape index (κ2) is 16.1.